The normalized spacial score (nSPS) is 12.0. The fourth-order valence-electron chi connectivity index (χ4n) is 7.31. The van der Waals surface area contributed by atoms with Gasteiger partial charge < -0.3 is 9.64 Å². The topological polar surface area (TPSA) is 51.1 Å². The zero-order chi connectivity index (χ0) is 41.9. The second-order valence-corrected chi connectivity index (χ2v) is 18.9. The Balaban J connectivity index is 1.02. The molecule has 9 heteroatoms. The smallest absolute Gasteiger partial charge is 0.128 e. The number of ether oxygens (including phenoxy) is 1. The molecule has 0 aliphatic carbocycles. The maximum Gasteiger partial charge on any atom is 0.128 e. The number of alkyl halides is 1. The molecule has 62 heavy (non-hydrogen) atoms. The molecule has 0 aliphatic rings. The number of nitrogens with zero attached hydrogens (tertiary/aromatic N) is 4. The Labute approximate surface area is 383 Å². The molecule has 3 heterocycles. The predicted molar refractivity (Wildman–Crippen MR) is 274 cm³/mol. The first-order chi connectivity index (χ1) is 30.6. The van der Waals surface area contributed by atoms with Crippen molar-refractivity contribution < 1.29 is 4.74 Å². The van der Waals surface area contributed by atoms with Gasteiger partial charge in [-0.15, -0.1) is 34.0 Å². The van der Waals surface area contributed by atoms with Crippen LogP contribution in [-0.4, -0.2) is 26.9 Å². The summed E-state index contributed by atoms with van der Waals surface area (Å²) < 4.78 is 10.2. The standard InChI is InChI=1S/C53H45BrN4OS3/c54-35-11-3-1-2-4-12-36-59-47-37-43(31-25-40(47)26-34-53-57-46-15-7-10-18-50(46)62-53)58(41-27-19-38(20-28-41)23-32-51-55-44-13-5-8-16-48(44)60-51)42-29-21-39(22-30-42)24-33-52-56-45-14-6-9-17-49(45)61-52/h5-10,13-34,37H,1-4,11-12,35-36H2. The van der Waals surface area contributed by atoms with Crippen molar-refractivity contribution in [3.05, 3.63) is 171 Å². The predicted octanol–water partition coefficient (Wildman–Crippen LogP) is 16.6. The number of anilines is 3. The Morgan fingerprint density at radius 2 is 0.887 bits per heavy atom. The van der Waals surface area contributed by atoms with Gasteiger partial charge in [-0.25, -0.2) is 15.0 Å². The monoisotopic (exact) mass is 928 g/mol. The number of unbranched alkanes of at least 4 members (excludes halogenated alkanes) is 5. The highest BCUT2D eigenvalue weighted by molar-refractivity contribution is 9.09. The van der Waals surface area contributed by atoms with Crippen LogP contribution in [0.15, 0.2) is 140 Å². The second kappa shape index (κ2) is 20.4. The van der Waals surface area contributed by atoms with Crippen LogP contribution >= 0.6 is 49.9 Å². The Hall–Kier alpha value is -5.71. The molecule has 5 nitrogen and oxygen atoms in total. The summed E-state index contributed by atoms with van der Waals surface area (Å²) in [5.74, 6) is 0.856. The van der Waals surface area contributed by atoms with E-state index in [0.29, 0.717) is 6.61 Å². The quantitative estimate of drug-likeness (QED) is 0.0634. The molecule has 0 atom stereocenters. The van der Waals surface area contributed by atoms with Crippen LogP contribution in [0, 0.1) is 0 Å². The van der Waals surface area contributed by atoms with Crippen molar-refractivity contribution in [2.45, 2.75) is 38.5 Å². The molecule has 9 rings (SSSR count). The van der Waals surface area contributed by atoms with Gasteiger partial charge in [-0.05, 0) is 121 Å². The van der Waals surface area contributed by atoms with Crippen molar-refractivity contribution in [2.75, 3.05) is 16.8 Å². The summed E-state index contributed by atoms with van der Waals surface area (Å²) in [7, 11) is 0. The van der Waals surface area contributed by atoms with E-state index in [9.17, 15) is 0 Å². The van der Waals surface area contributed by atoms with E-state index in [1.165, 1.54) is 39.8 Å². The minimum atomic E-state index is 0.662. The number of thiazole rings is 3. The molecule has 0 fully saturated rings. The summed E-state index contributed by atoms with van der Waals surface area (Å²) >= 11 is 8.67. The summed E-state index contributed by atoms with van der Waals surface area (Å²) in [6, 6.07) is 48.9. The molecule has 0 aliphatic heterocycles. The number of benzene rings is 6. The molecule has 0 amide bonds. The molecule has 0 spiro atoms. The first kappa shape index (κ1) is 41.6. The summed E-state index contributed by atoms with van der Waals surface area (Å²) in [5, 5.41) is 4.04. The largest absolute Gasteiger partial charge is 0.493 e. The van der Waals surface area contributed by atoms with Crippen LogP contribution in [0.3, 0.4) is 0 Å². The molecule has 0 saturated carbocycles. The van der Waals surface area contributed by atoms with Gasteiger partial charge >= 0.3 is 0 Å². The molecular weight excluding hydrogens is 885 g/mol. The van der Waals surface area contributed by atoms with Gasteiger partial charge in [0, 0.05) is 34.0 Å². The first-order valence-electron chi connectivity index (χ1n) is 21.1. The van der Waals surface area contributed by atoms with Crippen molar-refractivity contribution in [1.82, 2.24) is 15.0 Å². The lowest BCUT2D eigenvalue weighted by Gasteiger charge is -2.26. The van der Waals surface area contributed by atoms with E-state index < -0.39 is 0 Å². The Morgan fingerprint density at radius 1 is 0.452 bits per heavy atom. The van der Waals surface area contributed by atoms with Crippen LogP contribution in [-0.2, 0) is 0 Å². The van der Waals surface area contributed by atoms with Crippen LogP contribution in [0.25, 0.3) is 67.1 Å². The number of hydrogen-bond acceptors (Lipinski definition) is 8. The van der Waals surface area contributed by atoms with Crippen molar-refractivity contribution in [1.29, 1.82) is 0 Å². The molecule has 6 aromatic carbocycles. The Morgan fingerprint density at radius 3 is 1.37 bits per heavy atom. The van der Waals surface area contributed by atoms with Gasteiger partial charge in [0.25, 0.3) is 0 Å². The first-order valence-corrected chi connectivity index (χ1v) is 24.7. The van der Waals surface area contributed by atoms with E-state index in [0.717, 1.165) is 89.2 Å². The lowest BCUT2D eigenvalue weighted by molar-refractivity contribution is 0.304. The van der Waals surface area contributed by atoms with Crippen LogP contribution in [0.1, 0.15) is 70.2 Å². The van der Waals surface area contributed by atoms with Crippen LogP contribution in [0.5, 0.6) is 5.75 Å². The minimum Gasteiger partial charge on any atom is -0.493 e. The number of para-hydroxylation sites is 3. The number of hydrogen-bond donors (Lipinski definition) is 0. The lowest BCUT2D eigenvalue weighted by Crippen LogP contribution is -2.10. The zero-order valence-electron chi connectivity index (χ0n) is 34.2. The molecule has 9 aromatic rings. The highest BCUT2D eigenvalue weighted by Gasteiger charge is 2.16. The minimum absolute atomic E-state index is 0.662. The molecular formula is C53H45BrN4OS3. The average molecular weight is 930 g/mol. The summed E-state index contributed by atoms with van der Waals surface area (Å²) in [4.78, 5) is 16.8. The number of halogens is 1. The van der Waals surface area contributed by atoms with Gasteiger partial charge in [-0.1, -0.05) is 114 Å². The maximum absolute atomic E-state index is 6.67. The molecule has 3 aromatic heterocycles. The van der Waals surface area contributed by atoms with Crippen molar-refractivity contribution in [3.8, 4) is 5.75 Å². The van der Waals surface area contributed by atoms with E-state index in [1.54, 1.807) is 34.0 Å². The molecule has 308 valence electrons. The van der Waals surface area contributed by atoms with Gasteiger partial charge in [-0.2, -0.15) is 0 Å². The van der Waals surface area contributed by atoms with Gasteiger partial charge in [0.2, 0.25) is 0 Å². The fraction of sp³-hybridized carbons (Fsp3) is 0.151. The van der Waals surface area contributed by atoms with Gasteiger partial charge in [0.1, 0.15) is 20.8 Å². The summed E-state index contributed by atoms with van der Waals surface area (Å²) in [6.45, 7) is 0.662. The molecule has 0 unspecified atom stereocenters. The molecule has 0 saturated heterocycles. The third-order valence-electron chi connectivity index (χ3n) is 10.5. The van der Waals surface area contributed by atoms with Gasteiger partial charge in [0.05, 0.1) is 37.3 Å². The van der Waals surface area contributed by atoms with Crippen molar-refractivity contribution in [2.24, 2.45) is 0 Å². The fourth-order valence-corrected chi connectivity index (χ4v) is 10.3. The van der Waals surface area contributed by atoms with E-state index in [2.05, 4.69) is 179 Å². The summed E-state index contributed by atoms with van der Waals surface area (Å²) in [6.07, 6.45) is 19.9. The average Bonchev–Trinajstić information content (AvgIpc) is 4.05. The second-order valence-electron chi connectivity index (χ2n) is 15.0. The third kappa shape index (κ3) is 10.5. The van der Waals surface area contributed by atoms with Crippen LogP contribution in [0.4, 0.5) is 17.1 Å². The van der Waals surface area contributed by atoms with E-state index in [1.807, 2.05) is 18.2 Å². The van der Waals surface area contributed by atoms with E-state index in [-0.39, 0.29) is 0 Å². The highest BCUT2D eigenvalue weighted by atomic mass is 79.9. The van der Waals surface area contributed by atoms with Crippen LogP contribution < -0.4 is 9.64 Å². The number of aromatic nitrogens is 3. The Kier molecular flexibility index (Phi) is 13.7. The molecule has 0 N–H and O–H groups in total. The SMILES string of the molecule is BrCCCCCCCCOc1cc(N(c2ccc(C=Cc3nc4ccccc4s3)cc2)c2ccc(C=Cc3nc4ccccc4s3)cc2)ccc1C=Cc1nc2ccccc2s1. The van der Waals surface area contributed by atoms with E-state index >= 15 is 0 Å². The molecule has 0 bridgehead atoms. The van der Waals surface area contributed by atoms with Gasteiger partial charge in [-0.3, -0.25) is 0 Å². The summed E-state index contributed by atoms with van der Waals surface area (Å²) in [5.41, 5.74) is 9.43. The molecule has 0 radical (unpaired) electrons. The third-order valence-corrected chi connectivity index (χ3v) is 14.1. The van der Waals surface area contributed by atoms with Crippen LogP contribution in [0.2, 0.25) is 0 Å². The lowest BCUT2D eigenvalue weighted by atomic mass is 10.1. The highest BCUT2D eigenvalue weighted by Crippen LogP contribution is 2.39. The van der Waals surface area contributed by atoms with Crippen molar-refractivity contribution >= 4 is 134 Å². The number of rotatable bonds is 18. The number of fused-ring (bicyclic) bond motifs is 3. The van der Waals surface area contributed by atoms with E-state index in [4.69, 9.17) is 19.7 Å². The maximum atomic E-state index is 6.67. The van der Waals surface area contributed by atoms with Gasteiger partial charge in [0.15, 0.2) is 0 Å². The van der Waals surface area contributed by atoms with Crippen molar-refractivity contribution in [3.63, 3.8) is 0 Å². The zero-order valence-corrected chi connectivity index (χ0v) is 38.2. The Bertz CT molecular complexity index is 2750.